The standard InChI is InChI=1S/C22H23N3O3/c1-15-6-4-5-7-19(15)22(28)24(14-26)13-20(27)18-10-11-21(23-12-18)25-16(2)8-9-17(25)3/h4-12,14,20,27H,13H2,1-3H3. The number of aliphatic hydroxyl groups excluding tert-OH is 1. The van der Waals surface area contributed by atoms with E-state index in [9.17, 15) is 14.7 Å². The number of amides is 2. The molecule has 144 valence electrons. The van der Waals surface area contributed by atoms with E-state index in [0.29, 0.717) is 17.5 Å². The SMILES string of the molecule is Cc1ccccc1C(=O)N(C=O)CC(O)c1ccc(-n2c(C)ccc2C)nc1. The normalized spacial score (nSPS) is 11.9. The molecule has 3 aromatic rings. The second-order valence-corrected chi connectivity index (χ2v) is 6.79. The van der Waals surface area contributed by atoms with Gasteiger partial charge in [0.2, 0.25) is 6.41 Å². The van der Waals surface area contributed by atoms with Crippen LogP contribution in [0.5, 0.6) is 0 Å². The van der Waals surface area contributed by atoms with E-state index in [1.54, 1.807) is 37.4 Å². The average Bonchev–Trinajstić information content (AvgIpc) is 3.04. The van der Waals surface area contributed by atoms with Gasteiger partial charge in [-0.2, -0.15) is 0 Å². The van der Waals surface area contributed by atoms with E-state index in [-0.39, 0.29) is 6.54 Å². The number of aromatic nitrogens is 2. The summed E-state index contributed by atoms with van der Waals surface area (Å²) in [7, 11) is 0. The molecule has 2 amide bonds. The number of hydrogen-bond acceptors (Lipinski definition) is 4. The van der Waals surface area contributed by atoms with Crippen LogP contribution in [0.2, 0.25) is 0 Å². The number of nitrogens with zero attached hydrogens (tertiary/aromatic N) is 3. The van der Waals surface area contributed by atoms with E-state index in [4.69, 9.17) is 0 Å². The zero-order valence-electron chi connectivity index (χ0n) is 16.2. The molecule has 1 atom stereocenters. The molecule has 1 aromatic carbocycles. The van der Waals surface area contributed by atoms with Crippen molar-refractivity contribution >= 4 is 12.3 Å². The lowest BCUT2D eigenvalue weighted by atomic mass is 10.1. The van der Waals surface area contributed by atoms with E-state index < -0.39 is 12.0 Å². The predicted octanol–water partition coefficient (Wildman–Crippen LogP) is 3.13. The predicted molar refractivity (Wildman–Crippen MR) is 106 cm³/mol. The summed E-state index contributed by atoms with van der Waals surface area (Å²) in [4.78, 5) is 29.5. The third-order valence-corrected chi connectivity index (χ3v) is 4.79. The van der Waals surface area contributed by atoms with Crippen LogP contribution in [0.25, 0.3) is 5.82 Å². The van der Waals surface area contributed by atoms with Crippen molar-refractivity contribution in [1.82, 2.24) is 14.5 Å². The fraction of sp³-hybridized carbons (Fsp3) is 0.227. The van der Waals surface area contributed by atoms with Crippen molar-refractivity contribution in [3.63, 3.8) is 0 Å². The lowest BCUT2D eigenvalue weighted by Gasteiger charge is -2.20. The third kappa shape index (κ3) is 3.87. The molecule has 2 aromatic heterocycles. The highest BCUT2D eigenvalue weighted by molar-refractivity contribution is 6.00. The zero-order valence-corrected chi connectivity index (χ0v) is 16.2. The van der Waals surface area contributed by atoms with Gasteiger partial charge >= 0.3 is 0 Å². The Kier molecular flexibility index (Phi) is 5.70. The first-order valence-electron chi connectivity index (χ1n) is 9.03. The van der Waals surface area contributed by atoms with E-state index in [1.807, 2.05) is 42.7 Å². The Hall–Kier alpha value is -3.25. The highest BCUT2D eigenvalue weighted by Crippen LogP contribution is 2.19. The highest BCUT2D eigenvalue weighted by atomic mass is 16.3. The molecule has 0 saturated carbocycles. The van der Waals surface area contributed by atoms with Gasteiger partial charge in [-0.15, -0.1) is 0 Å². The number of aliphatic hydroxyl groups is 1. The van der Waals surface area contributed by atoms with Gasteiger partial charge in [-0.3, -0.25) is 14.5 Å². The molecule has 1 unspecified atom stereocenters. The van der Waals surface area contributed by atoms with Crippen molar-refractivity contribution in [1.29, 1.82) is 0 Å². The second kappa shape index (κ2) is 8.19. The van der Waals surface area contributed by atoms with Gasteiger partial charge in [0.05, 0.1) is 12.6 Å². The van der Waals surface area contributed by atoms with Crippen molar-refractivity contribution in [2.24, 2.45) is 0 Å². The summed E-state index contributed by atoms with van der Waals surface area (Å²) in [5.41, 5.74) is 3.88. The first-order valence-corrected chi connectivity index (χ1v) is 9.03. The minimum absolute atomic E-state index is 0.140. The largest absolute Gasteiger partial charge is 0.386 e. The van der Waals surface area contributed by atoms with Crippen LogP contribution in [-0.2, 0) is 4.79 Å². The van der Waals surface area contributed by atoms with Crippen LogP contribution in [0.1, 0.15) is 39.0 Å². The molecular formula is C22H23N3O3. The number of pyridine rings is 1. The Labute approximate surface area is 164 Å². The molecule has 0 spiro atoms. The smallest absolute Gasteiger partial charge is 0.260 e. The minimum atomic E-state index is -1.02. The first-order chi connectivity index (χ1) is 13.4. The number of rotatable bonds is 6. The van der Waals surface area contributed by atoms with Gasteiger partial charge in [0.15, 0.2) is 0 Å². The maximum Gasteiger partial charge on any atom is 0.260 e. The fourth-order valence-corrected chi connectivity index (χ4v) is 3.19. The van der Waals surface area contributed by atoms with Crippen molar-refractivity contribution in [2.45, 2.75) is 26.9 Å². The van der Waals surface area contributed by atoms with Crippen LogP contribution in [0.4, 0.5) is 0 Å². The van der Waals surface area contributed by atoms with Crippen LogP contribution < -0.4 is 0 Å². The molecular weight excluding hydrogens is 354 g/mol. The van der Waals surface area contributed by atoms with E-state index in [2.05, 4.69) is 4.98 Å². The molecule has 0 bridgehead atoms. The monoisotopic (exact) mass is 377 g/mol. The summed E-state index contributed by atoms with van der Waals surface area (Å²) in [6, 6.07) is 14.6. The number of imide groups is 1. The molecule has 0 radical (unpaired) electrons. The van der Waals surface area contributed by atoms with Gasteiger partial charge in [-0.25, -0.2) is 4.98 Å². The Morgan fingerprint density at radius 3 is 2.36 bits per heavy atom. The maximum atomic E-state index is 12.6. The molecule has 3 rings (SSSR count). The second-order valence-electron chi connectivity index (χ2n) is 6.79. The van der Waals surface area contributed by atoms with Crippen molar-refractivity contribution in [2.75, 3.05) is 6.54 Å². The molecule has 2 heterocycles. The summed E-state index contributed by atoms with van der Waals surface area (Å²) < 4.78 is 2.01. The molecule has 0 aliphatic carbocycles. The highest BCUT2D eigenvalue weighted by Gasteiger charge is 2.21. The third-order valence-electron chi connectivity index (χ3n) is 4.79. The number of hydrogen-bond donors (Lipinski definition) is 1. The first kappa shape index (κ1) is 19.5. The fourth-order valence-electron chi connectivity index (χ4n) is 3.19. The molecule has 6 nitrogen and oxygen atoms in total. The van der Waals surface area contributed by atoms with E-state index in [0.717, 1.165) is 27.7 Å². The molecule has 1 N–H and O–H groups in total. The van der Waals surface area contributed by atoms with E-state index in [1.165, 1.54) is 0 Å². The summed E-state index contributed by atoms with van der Waals surface area (Å²) >= 11 is 0. The van der Waals surface area contributed by atoms with Gasteiger partial charge in [-0.05, 0) is 50.6 Å². The quantitative estimate of drug-likeness (QED) is 0.670. The summed E-state index contributed by atoms with van der Waals surface area (Å²) in [5.74, 6) is 0.314. The van der Waals surface area contributed by atoms with Crippen molar-refractivity contribution in [3.05, 3.63) is 82.8 Å². The number of carbonyl (C=O) groups is 2. The van der Waals surface area contributed by atoms with Gasteiger partial charge in [0, 0.05) is 28.7 Å². The van der Waals surface area contributed by atoms with Crippen LogP contribution in [0.3, 0.4) is 0 Å². The average molecular weight is 377 g/mol. The zero-order chi connectivity index (χ0) is 20.3. The lowest BCUT2D eigenvalue weighted by Crippen LogP contribution is -2.34. The van der Waals surface area contributed by atoms with Gasteiger partial charge in [-0.1, -0.05) is 24.3 Å². The van der Waals surface area contributed by atoms with Crippen molar-refractivity contribution in [3.8, 4) is 5.82 Å². The van der Waals surface area contributed by atoms with E-state index >= 15 is 0 Å². The topological polar surface area (TPSA) is 75.4 Å². The molecule has 0 saturated heterocycles. The molecule has 28 heavy (non-hydrogen) atoms. The van der Waals surface area contributed by atoms with Gasteiger partial charge < -0.3 is 9.67 Å². The number of aryl methyl sites for hydroxylation is 3. The number of carbonyl (C=O) groups excluding carboxylic acids is 2. The van der Waals surface area contributed by atoms with Crippen LogP contribution in [-0.4, -0.2) is 38.4 Å². The Morgan fingerprint density at radius 2 is 1.79 bits per heavy atom. The van der Waals surface area contributed by atoms with Crippen molar-refractivity contribution < 1.29 is 14.7 Å². The van der Waals surface area contributed by atoms with Crippen LogP contribution in [0, 0.1) is 20.8 Å². The molecule has 6 heteroatoms. The Morgan fingerprint density at radius 1 is 1.11 bits per heavy atom. The number of benzene rings is 1. The van der Waals surface area contributed by atoms with Gasteiger partial charge in [0.1, 0.15) is 5.82 Å². The minimum Gasteiger partial charge on any atom is -0.386 e. The summed E-state index contributed by atoms with van der Waals surface area (Å²) in [5, 5.41) is 10.5. The molecule has 0 fully saturated rings. The molecule has 0 aliphatic rings. The van der Waals surface area contributed by atoms with Crippen LogP contribution in [0.15, 0.2) is 54.7 Å². The molecule has 0 aliphatic heterocycles. The Balaban J connectivity index is 1.76. The van der Waals surface area contributed by atoms with Gasteiger partial charge in [0.25, 0.3) is 5.91 Å². The summed E-state index contributed by atoms with van der Waals surface area (Å²) in [6.45, 7) is 5.66. The van der Waals surface area contributed by atoms with Crippen LogP contribution >= 0.6 is 0 Å². The lowest BCUT2D eigenvalue weighted by molar-refractivity contribution is -0.117. The maximum absolute atomic E-state index is 12.6. The Bertz CT molecular complexity index is 973. The summed E-state index contributed by atoms with van der Waals surface area (Å²) in [6.07, 6.45) is 0.999.